The Morgan fingerprint density at radius 2 is 2.21 bits per heavy atom. The van der Waals surface area contributed by atoms with Gasteiger partial charge in [0.15, 0.2) is 5.78 Å². The number of aliphatic hydroxyl groups excluding tert-OH is 1. The van der Waals surface area contributed by atoms with E-state index in [4.69, 9.17) is 5.11 Å². The number of carbonyl (C=O) groups is 1. The lowest BCUT2D eigenvalue weighted by Crippen LogP contribution is -1.99. The van der Waals surface area contributed by atoms with Gasteiger partial charge in [0.05, 0.1) is 0 Å². The van der Waals surface area contributed by atoms with Gasteiger partial charge in [-0.25, -0.2) is 0 Å². The number of aromatic nitrogens is 1. The Kier molecular flexibility index (Phi) is 4.86. The van der Waals surface area contributed by atoms with E-state index in [0.717, 1.165) is 19.3 Å². The quantitative estimate of drug-likeness (QED) is 0.553. The van der Waals surface area contributed by atoms with Gasteiger partial charge in [-0.1, -0.05) is 6.42 Å². The molecule has 0 radical (unpaired) electrons. The van der Waals surface area contributed by atoms with Crippen molar-refractivity contribution in [3.63, 3.8) is 0 Å². The molecule has 0 spiro atoms. The van der Waals surface area contributed by atoms with E-state index in [1.165, 1.54) is 0 Å². The molecule has 76 valence electrons. The Labute approximate surface area is 83.8 Å². The Morgan fingerprint density at radius 3 is 2.86 bits per heavy atom. The first-order valence-electron chi connectivity index (χ1n) is 4.88. The molecule has 0 aliphatic heterocycles. The number of hydrogen-bond acceptors (Lipinski definition) is 3. The number of nitrogens with zero attached hydrogens (tertiary/aromatic N) is 1. The molecule has 0 saturated heterocycles. The van der Waals surface area contributed by atoms with Crippen molar-refractivity contribution >= 4 is 5.78 Å². The van der Waals surface area contributed by atoms with Crippen LogP contribution in [0.3, 0.4) is 0 Å². The second-order valence-electron chi connectivity index (χ2n) is 3.20. The lowest BCUT2D eigenvalue weighted by Gasteiger charge is -1.99. The zero-order valence-corrected chi connectivity index (χ0v) is 8.15. The van der Waals surface area contributed by atoms with E-state index in [-0.39, 0.29) is 12.4 Å². The van der Waals surface area contributed by atoms with Gasteiger partial charge in [0.1, 0.15) is 0 Å². The summed E-state index contributed by atoms with van der Waals surface area (Å²) in [6.45, 7) is 0.209. The molecule has 1 N–H and O–H groups in total. The summed E-state index contributed by atoms with van der Waals surface area (Å²) in [6.07, 6.45) is 6.32. The van der Waals surface area contributed by atoms with E-state index in [1.807, 2.05) is 0 Å². The maximum absolute atomic E-state index is 11.5. The fraction of sp³-hybridized carbons (Fsp3) is 0.455. The average molecular weight is 193 g/mol. The molecule has 0 fully saturated rings. The third-order valence-corrected chi connectivity index (χ3v) is 2.05. The van der Waals surface area contributed by atoms with E-state index in [0.29, 0.717) is 12.0 Å². The Balaban J connectivity index is 2.29. The van der Waals surface area contributed by atoms with Gasteiger partial charge in [0.2, 0.25) is 0 Å². The molecule has 1 aromatic heterocycles. The first-order valence-corrected chi connectivity index (χ1v) is 4.88. The van der Waals surface area contributed by atoms with E-state index in [2.05, 4.69) is 4.98 Å². The lowest BCUT2D eigenvalue weighted by atomic mass is 10.1. The van der Waals surface area contributed by atoms with Crippen LogP contribution in [0.25, 0.3) is 0 Å². The van der Waals surface area contributed by atoms with Gasteiger partial charge in [-0.05, 0) is 25.0 Å². The van der Waals surface area contributed by atoms with Crippen LogP contribution < -0.4 is 0 Å². The Bertz CT molecular complexity index is 272. The molecule has 14 heavy (non-hydrogen) atoms. The molecule has 0 saturated carbocycles. The Morgan fingerprint density at radius 1 is 1.36 bits per heavy atom. The highest BCUT2D eigenvalue weighted by Gasteiger charge is 2.04. The van der Waals surface area contributed by atoms with Crippen molar-refractivity contribution in [2.24, 2.45) is 0 Å². The highest BCUT2D eigenvalue weighted by atomic mass is 16.2. The van der Waals surface area contributed by atoms with Crippen LogP contribution in [0.4, 0.5) is 0 Å². The van der Waals surface area contributed by atoms with E-state index < -0.39 is 0 Å². The second kappa shape index (κ2) is 6.27. The number of pyridine rings is 1. The maximum Gasteiger partial charge on any atom is 0.164 e. The SMILES string of the molecule is O=C(CCCCCO)c1cccnc1. The molecule has 0 aliphatic rings. The fourth-order valence-electron chi connectivity index (χ4n) is 1.25. The maximum atomic E-state index is 11.5. The van der Waals surface area contributed by atoms with Crippen molar-refractivity contribution in [2.45, 2.75) is 25.7 Å². The molecule has 0 bridgehead atoms. The Hall–Kier alpha value is -1.22. The highest BCUT2D eigenvalue weighted by molar-refractivity contribution is 5.95. The molecular formula is C11H15NO2. The summed E-state index contributed by atoms with van der Waals surface area (Å²) in [5, 5.41) is 8.55. The molecule has 1 aromatic rings. The number of unbranched alkanes of at least 4 members (excludes halogenated alkanes) is 2. The normalized spacial score (nSPS) is 10.1. The van der Waals surface area contributed by atoms with E-state index in [1.54, 1.807) is 24.5 Å². The molecule has 3 heteroatoms. The smallest absolute Gasteiger partial charge is 0.164 e. The van der Waals surface area contributed by atoms with Crippen molar-refractivity contribution < 1.29 is 9.90 Å². The summed E-state index contributed by atoms with van der Waals surface area (Å²) < 4.78 is 0. The number of Topliss-reactive ketones (excluding diaryl/α,β-unsaturated/α-hetero) is 1. The molecule has 0 atom stereocenters. The lowest BCUT2D eigenvalue weighted by molar-refractivity contribution is 0.0978. The van der Waals surface area contributed by atoms with Gasteiger partial charge < -0.3 is 5.11 Å². The molecular weight excluding hydrogens is 178 g/mol. The summed E-state index contributed by atoms with van der Waals surface area (Å²) in [5.41, 5.74) is 0.677. The molecule has 0 aliphatic carbocycles. The summed E-state index contributed by atoms with van der Waals surface area (Å²) in [6, 6.07) is 3.54. The minimum Gasteiger partial charge on any atom is -0.396 e. The number of ketones is 1. The topological polar surface area (TPSA) is 50.2 Å². The zero-order chi connectivity index (χ0) is 10.2. The standard InChI is InChI=1S/C11H15NO2/c13-8-3-1-2-6-11(14)10-5-4-7-12-9-10/h4-5,7,9,13H,1-3,6,8H2. The van der Waals surface area contributed by atoms with Crippen molar-refractivity contribution in [3.8, 4) is 0 Å². The summed E-state index contributed by atoms with van der Waals surface area (Å²) in [4.78, 5) is 15.4. The first kappa shape index (κ1) is 10.9. The third-order valence-electron chi connectivity index (χ3n) is 2.05. The van der Waals surface area contributed by atoms with Crippen molar-refractivity contribution in [2.75, 3.05) is 6.61 Å². The average Bonchev–Trinajstić information content (AvgIpc) is 2.25. The second-order valence-corrected chi connectivity index (χ2v) is 3.20. The molecule has 0 amide bonds. The van der Waals surface area contributed by atoms with Gasteiger partial charge in [-0.2, -0.15) is 0 Å². The van der Waals surface area contributed by atoms with Gasteiger partial charge in [-0.15, -0.1) is 0 Å². The third kappa shape index (κ3) is 3.66. The number of rotatable bonds is 6. The van der Waals surface area contributed by atoms with Crippen LogP contribution in [-0.2, 0) is 0 Å². The summed E-state index contributed by atoms with van der Waals surface area (Å²) in [7, 11) is 0. The van der Waals surface area contributed by atoms with E-state index in [9.17, 15) is 4.79 Å². The molecule has 3 nitrogen and oxygen atoms in total. The number of aliphatic hydroxyl groups is 1. The minimum atomic E-state index is 0.135. The van der Waals surface area contributed by atoms with Crippen molar-refractivity contribution in [1.29, 1.82) is 0 Å². The zero-order valence-electron chi connectivity index (χ0n) is 8.15. The summed E-state index contributed by atoms with van der Waals surface area (Å²) >= 11 is 0. The van der Waals surface area contributed by atoms with Crippen molar-refractivity contribution in [1.82, 2.24) is 4.98 Å². The monoisotopic (exact) mass is 193 g/mol. The highest BCUT2D eigenvalue weighted by Crippen LogP contribution is 2.06. The van der Waals surface area contributed by atoms with Crippen molar-refractivity contribution in [3.05, 3.63) is 30.1 Å². The van der Waals surface area contributed by atoms with Crippen LogP contribution in [0.5, 0.6) is 0 Å². The number of hydrogen-bond donors (Lipinski definition) is 1. The first-order chi connectivity index (χ1) is 6.84. The van der Waals surface area contributed by atoms with Crippen LogP contribution in [0.1, 0.15) is 36.0 Å². The van der Waals surface area contributed by atoms with Crippen LogP contribution in [0, 0.1) is 0 Å². The predicted molar refractivity (Wildman–Crippen MR) is 54.1 cm³/mol. The van der Waals surface area contributed by atoms with Gasteiger partial charge in [0, 0.05) is 31.0 Å². The molecule has 0 unspecified atom stereocenters. The number of carbonyl (C=O) groups excluding carboxylic acids is 1. The van der Waals surface area contributed by atoms with Gasteiger partial charge in [0.25, 0.3) is 0 Å². The minimum absolute atomic E-state index is 0.135. The molecule has 1 heterocycles. The van der Waals surface area contributed by atoms with Crippen LogP contribution in [-0.4, -0.2) is 22.5 Å². The molecule has 0 aromatic carbocycles. The van der Waals surface area contributed by atoms with Crippen LogP contribution >= 0.6 is 0 Å². The predicted octanol–water partition coefficient (Wildman–Crippen LogP) is 1.82. The van der Waals surface area contributed by atoms with Crippen LogP contribution in [0.15, 0.2) is 24.5 Å². The van der Waals surface area contributed by atoms with Crippen LogP contribution in [0.2, 0.25) is 0 Å². The van der Waals surface area contributed by atoms with E-state index >= 15 is 0 Å². The molecule has 1 rings (SSSR count). The largest absolute Gasteiger partial charge is 0.396 e. The summed E-state index contributed by atoms with van der Waals surface area (Å²) in [5.74, 6) is 0.135. The fourth-order valence-corrected chi connectivity index (χ4v) is 1.25. The van der Waals surface area contributed by atoms with Gasteiger partial charge >= 0.3 is 0 Å². The van der Waals surface area contributed by atoms with Gasteiger partial charge in [-0.3, -0.25) is 9.78 Å².